The lowest BCUT2D eigenvalue weighted by molar-refractivity contribution is -0.0367. The molecule has 0 aromatic heterocycles. The molecule has 0 aromatic rings. The molecule has 24 heavy (non-hydrogen) atoms. The Bertz CT molecular complexity index is 376. The van der Waals surface area contributed by atoms with Crippen molar-refractivity contribution in [1.29, 1.82) is 0 Å². The summed E-state index contributed by atoms with van der Waals surface area (Å²) in [5.41, 5.74) is 0. The van der Waals surface area contributed by atoms with Gasteiger partial charge in [0.2, 0.25) is 0 Å². The quantitative estimate of drug-likeness (QED) is 0.367. The van der Waals surface area contributed by atoms with Crippen molar-refractivity contribution in [2.24, 2.45) is 10.9 Å². The number of hydrogen-bond acceptors (Lipinski definition) is 3. The van der Waals surface area contributed by atoms with Crippen LogP contribution in [0.2, 0.25) is 0 Å². The summed E-state index contributed by atoms with van der Waals surface area (Å²) >= 11 is 0. The van der Waals surface area contributed by atoms with Gasteiger partial charge in [-0.1, -0.05) is 12.8 Å². The Morgan fingerprint density at radius 2 is 2.00 bits per heavy atom. The highest BCUT2D eigenvalue weighted by molar-refractivity contribution is 14.0. The van der Waals surface area contributed by atoms with Crippen molar-refractivity contribution >= 4 is 29.9 Å². The van der Waals surface area contributed by atoms with Gasteiger partial charge in [0.15, 0.2) is 5.96 Å². The van der Waals surface area contributed by atoms with Gasteiger partial charge in [-0.25, -0.2) is 0 Å². The first-order valence-electron chi connectivity index (χ1n) is 9.61. The lowest BCUT2D eigenvalue weighted by Gasteiger charge is -2.34. The number of ether oxygens (including phenoxy) is 2. The molecule has 0 amide bonds. The van der Waals surface area contributed by atoms with E-state index in [0.29, 0.717) is 12.2 Å². The first kappa shape index (κ1) is 20.2. The third kappa shape index (κ3) is 6.67. The molecule has 3 rings (SSSR count). The summed E-state index contributed by atoms with van der Waals surface area (Å²) in [6, 6.07) is 0. The molecule has 3 aliphatic rings. The molecule has 0 radical (unpaired) electrons. The second-order valence-corrected chi connectivity index (χ2v) is 7.12. The van der Waals surface area contributed by atoms with Crippen molar-refractivity contribution in [3.63, 3.8) is 0 Å². The van der Waals surface area contributed by atoms with Gasteiger partial charge in [0, 0.05) is 32.8 Å². The fraction of sp³-hybridized carbons (Fsp3) is 0.944. The normalized spacial score (nSPS) is 25.6. The minimum atomic E-state index is 0. The maximum Gasteiger partial charge on any atom is 0.193 e. The van der Waals surface area contributed by atoms with Crippen LogP contribution in [0.5, 0.6) is 0 Å². The fourth-order valence-electron chi connectivity index (χ4n) is 3.44. The third-order valence-corrected chi connectivity index (χ3v) is 5.11. The molecule has 0 spiro atoms. The minimum Gasteiger partial charge on any atom is -0.376 e. The predicted molar refractivity (Wildman–Crippen MR) is 108 cm³/mol. The fourth-order valence-corrected chi connectivity index (χ4v) is 3.44. The van der Waals surface area contributed by atoms with Crippen molar-refractivity contribution in [3.8, 4) is 0 Å². The Kier molecular flexibility index (Phi) is 9.11. The van der Waals surface area contributed by atoms with Crippen LogP contribution in [0.25, 0.3) is 0 Å². The van der Waals surface area contributed by atoms with Crippen LogP contribution in [0.1, 0.15) is 51.9 Å². The molecular formula is C18H34IN3O2. The number of halogens is 1. The van der Waals surface area contributed by atoms with E-state index in [2.05, 4.69) is 17.1 Å². The van der Waals surface area contributed by atoms with Gasteiger partial charge >= 0.3 is 0 Å². The number of piperidine rings is 1. The van der Waals surface area contributed by atoms with Crippen molar-refractivity contribution in [3.05, 3.63) is 0 Å². The zero-order valence-corrected chi connectivity index (χ0v) is 17.4. The van der Waals surface area contributed by atoms with E-state index in [1.165, 1.54) is 25.7 Å². The Morgan fingerprint density at radius 1 is 1.21 bits per heavy atom. The summed E-state index contributed by atoms with van der Waals surface area (Å²) in [6.45, 7) is 7.85. The van der Waals surface area contributed by atoms with Crippen LogP contribution in [0.3, 0.4) is 0 Å². The topological polar surface area (TPSA) is 46.1 Å². The zero-order chi connectivity index (χ0) is 15.9. The van der Waals surface area contributed by atoms with Gasteiger partial charge in [-0.3, -0.25) is 4.99 Å². The van der Waals surface area contributed by atoms with E-state index in [9.17, 15) is 0 Å². The summed E-state index contributed by atoms with van der Waals surface area (Å²) in [5, 5.41) is 3.45. The average Bonchev–Trinajstić information content (AvgIpc) is 3.25. The summed E-state index contributed by atoms with van der Waals surface area (Å²) in [5.74, 6) is 2.06. The van der Waals surface area contributed by atoms with Crippen molar-refractivity contribution in [1.82, 2.24) is 10.2 Å². The highest BCUT2D eigenvalue weighted by Crippen LogP contribution is 2.32. The maximum absolute atomic E-state index is 6.06. The number of guanidine groups is 1. The molecule has 0 bridgehead atoms. The van der Waals surface area contributed by atoms with Gasteiger partial charge in [0.05, 0.1) is 18.8 Å². The van der Waals surface area contributed by atoms with E-state index in [4.69, 9.17) is 14.5 Å². The Labute approximate surface area is 164 Å². The minimum absolute atomic E-state index is 0. The molecule has 1 saturated carbocycles. The lowest BCUT2D eigenvalue weighted by atomic mass is 10.1. The van der Waals surface area contributed by atoms with Crippen LogP contribution in [0.15, 0.2) is 4.99 Å². The predicted octanol–water partition coefficient (Wildman–Crippen LogP) is 3.03. The number of aliphatic imine (C=N–C) groups is 1. The molecule has 140 valence electrons. The SMILES string of the molecule is CCNC(=NCCC1CC1)N1CCC(OCC2CCCO2)CC1.I. The molecule has 3 fully saturated rings. The highest BCUT2D eigenvalue weighted by Gasteiger charge is 2.24. The number of hydrogen-bond donors (Lipinski definition) is 1. The Balaban J connectivity index is 0.00000208. The molecule has 2 aliphatic heterocycles. The van der Waals surface area contributed by atoms with Gasteiger partial charge < -0.3 is 19.7 Å². The molecule has 2 heterocycles. The van der Waals surface area contributed by atoms with Crippen LogP contribution in [-0.4, -0.2) is 62.5 Å². The Hall–Kier alpha value is -0.0800. The van der Waals surface area contributed by atoms with Crippen LogP contribution in [-0.2, 0) is 9.47 Å². The number of nitrogens with one attached hydrogen (secondary N) is 1. The first-order valence-corrected chi connectivity index (χ1v) is 9.61. The summed E-state index contributed by atoms with van der Waals surface area (Å²) in [4.78, 5) is 7.23. The molecule has 1 N–H and O–H groups in total. The first-order chi connectivity index (χ1) is 11.3. The molecule has 6 heteroatoms. The zero-order valence-electron chi connectivity index (χ0n) is 15.0. The molecular weight excluding hydrogens is 417 g/mol. The van der Waals surface area contributed by atoms with Gasteiger partial charge in [-0.2, -0.15) is 0 Å². The molecule has 0 aromatic carbocycles. The Morgan fingerprint density at radius 3 is 2.62 bits per heavy atom. The number of nitrogens with zero attached hydrogens (tertiary/aromatic N) is 2. The van der Waals surface area contributed by atoms with E-state index < -0.39 is 0 Å². The average molecular weight is 451 g/mol. The van der Waals surface area contributed by atoms with Crippen LogP contribution in [0, 0.1) is 5.92 Å². The van der Waals surface area contributed by atoms with Crippen molar-refractivity contribution < 1.29 is 9.47 Å². The van der Waals surface area contributed by atoms with Gasteiger partial charge in [-0.15, -0.1) is 24.0 Å². The van der Waals surface area contributed by atoms with E-state index in [1.807, 2.05) is 0 Å². The van der Waals surface area contributed by atoms with Crippen LogP contribution < -0.4 is 5.32 Å². The lowest BCUT2D eigenvalue weighted by Crippen LogP contribution is -2.47. The van der Waals surface area contributed by atoms with Gasteiger partial charge in [0.1, 0.15) is 0 Å². The van der Waals surface area contributed by atoms with Crippen molar-refractivity contribution in [2.45, 2.75) is 64.1 Å². The second-order valence-electron chi connectivity index (χ2n) is 7.12. The van der Waals surface area contributed by atoms with Gasteiger partial charge in [0.25, 0.3) is 0 Å². The van der Waals surface area contributed by atoms with E-state index in [-0.39, 0.29) is 24.0 Å². The standard InChI is InChI=1S/C18H33N3O2.HI/c1-2-19-18(20-10-7-15-5-6-15)21-11-8-16(9-12-21)23-14-17-4-3-13-22-17;/h15-17H,2-14H2,1H3,(H,19,20);1H. The van der Waals surface area contributed by atoms with Crippen LogP contribution in [0.4, 0.5) is 0 Å². The van der Waals surface area contributed by atoms with E-state index in [0.717, 1.165) is 70.5 Å². The third-order valence-electron chi connectivity index (χ3n) is 5.11. The highest BCUT2D eigenvalue weighted by atomic mass is 127. The molecule has 1 atom stereocenters. The maximum atomic E-state index is 6.06. The largest absolute Gasteiger partial charge is 0.376 e. The molecule has 5 nitrogen and oxygen atoms in total. The molecule has 1 aliphatic carbocycles. The second kappa shape index (κ2) is 10.8. The summed E-state index contributed by atoms with van der Waals surface area (Å²) in [6.07, 6.45) is 9.38. The number of rotatable bonds is 7. The monoisotopic (exact) mass is 451 g/mol. The van der Waals surface area contributed by atoms with E-state index in [1.54, 1.807) is 0 Å². The van der Waals surface area contributed by atoms with Crippen LogP contribution >= 0.6 is 24.0 Å². The molecule has 1 unspecified atom stereocenters. The number of likely N-dealkylation sites (tertiary alicyclic amines) is 1. The summed E-state index contributed by atoms with van der Waals surface area (Å²) < 4.78 is 11.7. The van der Waals surface area contributed by atoms with Crippen molar-refractivity contribution in [2.75, 3.05) is 39.4 Å². The van der Waals surface area contributed by atoms with Gasteiger partial charge in [-0.05, 0) is 44.9 Å². The molecule has 2 saturated heterocycles. The summed E-state index contributed by atoms with van der Waals surface area (Å²) in [7, 11) is 0. The smallest absolute Gasteiger partial charge is 0.193 e. The van der Waals surface area contributed by atoms with E-state index >= 15 is 0 Å².